The van der Waals surface area contributed by atoms with E-state index in [4.69, 9.17) is 0 Å². The zero-order chi connectivity index (χ0) is 15.1. The van der Waals surface area contributed by atoms with Crippen molar-refractivity contribution in [1.29, 1.82) is 0 Å². The molecule has 4 nitrogen and oxygen atoms in total. The first-order valence-corrected chi connectivity index (χ1v) is 6.74. The van der Waals surface area contributed by atoms with Crippen LogP contribution in [0.15, 0.2) is 12.1 Å². The number of carbonyl (C=O) groups is 2. The Kier molecular flexibility index (Phi) is 3.35. The molecule has 112 valence electrons. The van der Waals surface area contributed by atoms with Gasteiger partial charge in [0.25, 0.3) is 0 Å². The summed E-state index contributed by atoms with van der Waals surface area (Å²) in [6.45, 7) is 0.377. The first-order chi connectivity index (χ1) is 9.99. The summed E-state index contributed by atoms with van der Waals surface area (Å²) in [7, 11) is 0. The maximum absolute atomic E-state index is 13.9. The van der Waals surface area contributed by atoms with Crippen LogP contribution >= 0.6 is 0 Å². The number of rotatable bonds is 1. The fourth-order valence-corrected chi connectivity index (χ4v) is 2.98. The van der Waals surface area contributed by atoms with E-state index in [-0.39, 0.29) is 18.9 Å². The molecule has 2 amide bonds. The summed E-state index contributed by atoms with van der Waals surface area (Å²) in [5.41, 5.74) is -0.581. The molecule has 0 radical (unpaired) electrons. The lowest BCUT2D eigenvalue weighted by atomic mass is 10.1. The fraction of sp³-hybridized carbons (Fsp3) is 0.429. The van der Waals surface area contributed by atoms with Crippen molar-refractivity contribution < 1.29 is 22.8 Å². The minimum Gasteiger partial charge on any atom is -0.331 e. The Bertz CT molecular complexity index is 597. The van der Waals surface area contributed by atoms with Crippen molar-refractivity contribution in [3.63, 3.8) is 0 Å². The molecule has 1 aromatic rings. The van der Waals surface area contributed by atoms with E-state index in [1.54, 1.807) is 0 Å². The van der Waals surface area contributed by atoms with Crippen LogP contribution in [-0.2, 0) is 9.59 Å². The Morgan fingerprint density at radius 2 is 1.71 bits per heavy atom. The molecule has 0 saturated carbocycles. The molecular weight excluding hydrogens is 285 g/mol. The molecule has 1 atom stereocenters. The first-order valence-electron chi connectivity index (χ1n) is 6.74. The molecule has 2 saturated heterocycles. The van der Waals surface area contributed by atoms with E-state index in [1.807, 2.05) is 0 Å². The van der Waals surface area contributed by atoms with Crippen LogP contribution in [0, 0.1) is 17.5 Å². The van der Waals surface area contributed by atoms with E-state index in [2.05, 4.69) is 0 Å². The van der Waals surface area contributed by atoms with Gasteiger partial charge in [-0.3, -0.25) is 9.59 Å². The molecule has 2 heterocycles. The van der Waals surface area contributed by atoms with Crippen molar-refractivity contribution in [1.82, 2.24) is 4.90 Å². The van der Waals surface area contributed by atoms with Crippen molar-refractivity contribution in [3.05, 3.63) is 29.6 Å². The van der Waals surface area contributed by atoms with E-state index in [9.17, 15) is 22.8 Å². The largest absolute Gasteiger partial charge is 0.331 e. The predicted octanol–water partition coefficient (Wildman–Crippen LogP) is 1.83. The second kappa shape index (κ2) is 5.05. The highest BCUT2D eigenvalue weighted by Crippen LogP contribution is 2.30. The van der Waals surface area contributed by atoms with Gasteiger partial charge in [-0.2, -0.15) is 0 Å². The molecule has 1 aromatic carbocycles. The van der Waals surface area contributed by atoms with Crippen molar-refractivity contribution in [2.24, 2.45) is 0 Å². The van der Waals surface area contributed by atoms with Gasteiger partial charge in [-0.15, -0.1) is 0 Å². The van der Waals surface area contributed by atoms with Gasteiger partial charge in [0.05, 0.1) is 0 Å². The first kappa shape index (κ1) is 13.9. The Morgan fingerprint density at radius 1 is 1.05 bits per heavy atom. The highest BCUT2D eigenvalue weighted by atomic mass is 19.1. The van der Waals surface area contributed by atoms with Crippen LogP contribution in [-0.4, -0.2) is 35.8 Å². The third kappa shape index (κ3) is 2.26. The van der Waals surface area contributed by atoms with E-state index in [1.165, 1.54) is 4.90 Å². The Hall–Kier alpha value is -2.05. The van der Waals surface area contributed by atoms with Gasteiger partial charge in [0.15, 0.2) is 11.6 Å². The average molecular weight is 298 g/mol. The zero-order valence-electron chi connectivity index (χ0n) is 11.1. The van der Waals surface area contributed by atoms with Gasteiger partial charge in [-0.05, 0) is 12.8 Å². The van der Waals surface area contributed by atoms with E-state index < -0.39 is 35.1 Å². The zero-order valence-corrected chi connectivity index (χ0v) is 11.1. The number of halogens is 3. The third-order valence-corrected chi connectivity index (χ3v) is 3.93. The highest BCUT2D eigenvalue weighted by molar-refractivity contribution is 6.01. The number of hydrogen-bond acceptors (Lipinski definition) is 2. The number of fused-ring (bicyclic) bond motifs is 1. The molecule has 7 heteroatoms. The quantitative estimate of drug-likeness (QED) is 0.793. The van der Waals surface area contributed by atoms with E-state index in [0.29, 0.717) is 31.5 Å². The van der Waals surface area contributed by atoms with Gasteiger partial charge in [0.2, 0.25) is 11.8 Å². The number of amides is 2. The highest BCUT2D eigenvalue weighted by Gasteiger charge is 2.41. The van der Waals surface area contributed by atoms with Crippen molar-refractivity contribution in [2.75, 3.05) is 18.0 Å². The maximum atomic E-state index is 13.9. The van der Waals surface area contributed by atoms with Crippen LogP contribution in [0.3, 0.4) is 0 Å². The molecular formula is C14H13F3N2O2. The van der Waals surface area contributed by atoms with Crippen LogP contribution in [0.25, 0.3) is 0 Å². The van der Waals surface area contributed by atoms with E-state index in [0.717, 1.165) is 4.90 Å². The number of benzene rings is 1. The molecule has 0 spiro atoms. The second-order valence-corrected chi connectivity index (χ2v) is 5.20. The summed E-state index contributed by atoms with van der Waals surface area (Å²) >= 11 is 0. The Morgan fingerprint density at radius 3 is 2.38 bits per heavy atom. The topological polar surface area (TPSA) is 40.6 Å². The minimum atomic E-state index is -1.14. The van der Waals surface area contributed by atoms with Crippen molar-refractivity contribution in [2.45, 2.75) is 25.3 Å². The predicted molar refractivity (Wildman–Crippen MR) is 68.0 cm³/mol. The molecule has 2 aliphatic rings. The molecule has 2 aliphatic heterocycles. The van der Waals surface area contributed by atoms with Gasteiger partial charge in [-0.25, -0.2) is 13.2 Å². The summed E-state index contributed by atoms with van der Waals surface area (Å²) in [6, 6.07) is 0.388. The van der Waals surface area contributed by atoms with Gasteiger partial charge in [0.1, 0.15) is 17.5 Å². The summed E-state index contributed by atoms with van der Waals surface area (Å²) in [6.07, 6.45) is 1.16. The maximum Gasteiger partial charge on any atom is 0.249 e. The molecule has 2 fully saturated rings. The average Bonchev–Trinajstić information content (AvgIpc) is 2.85. The smallest absolute Gasteiger partial charge is 0.249 e. The van der Waals surface area contributed by atoms with Gasteiger partial charge < -0.3 is 9.80 Å². The van der Waals surface area contributed by atoms with Crippen molar-refractivity contribution in [3.8, 4) is 0 Å². The Balaban J connectivity index is 2.02. The molecule has 3 rings (SSSR count). The standard InChI is InChI=1S/C14H13F3N2O2/c15-8-6-9(16)13(10(17)7-8)19-5-3-12(20)18-4-1-2-11(18)14(19)21/h6-7,11H,1-5H2. The summed E-state index contributed by atoms with van der Waals surface area (Å²) in [5.74, 6) is -4.03. The normalized spacial score (nSPS) is 22.5. The third-order valence-electron chi connectivity index (χ3n) is 3.93. The van der Waals surface area contributed by atoms with Crippen LogP contribution in [0.1, 0.15) is 19.3 Å². The molecule has 21 heavy (non-hydrogen) atoms. The van der Waals surface area contributed by atoms with Crippen molar-refractivity contribution >= 4 is 17.5 Å². The van der Waals surface area contributed by atoms with Gasteiger partial charge >= 0.3 is 0 Å². The fourth-order valence-electron chi connectivity index (χ4n) is 2.98. The van der Waals surface area contributed by atoms with Crippen LogP contribution in [0.2, 0.25) is 0 Å². The Labute approximate surface area is 119 Å². The van der Waals surface area contributed by atoms with Crippen LogP contribution in [0.5, 0.6) is 0 Å². The number of anilines is 1. The summed E-state index contributed by atoms with van der Waals surface area (Å²) in [5, 5.41) is 0. The summed E-state index contributed by atoms with van der Waals surface area (Å²) in [4.78, 5) is 26.8. The molecule has 0 aliphatic carbocycles. The molecule has 1 unspecified atom stereocenters. The van der Waals surface area contributed by atoms with Gasteiger partial charge in [-0.1, -0.05) is 0 Å². The van der Waals surface area contributed by atoms with E-state index >= 15 is 0 Å². The monoisotopic (exact) mass is 298 g/mol. The summed E-state index contributed by atoms with van der Waals surface area (Å²) < 4.78 is 40.7. The molecule has 0 aromatic heterocycles. The number of carbonyl (C=O) groups excluding carboxylic acids is 2. The lowest BCUT2D eigenvalue weighted by Gasteiger charge is -2.25. The van der Waals surface area contributed by atoms with Crippen LogP contribution < -0.4 is 4.90 Å². The number of hydrogen-bond donors (Lipinski definition) is 0. The van der Waals surface area contributed by atoms with Crippen LogP contribution in [0.4, 0.5) is 18.9 Å². The lowest BCUT2D eigenvalue weighted by Crippen LogP contribution is -2.44. The minimum absolute atomic E-state index is 0.00149. The molecule has 0 bridgehead atoms. The molecule has 0 N–H and O–H groups in total. The van der Waals surface area contributed by atoms with Gasteiger partial charge in [0, 0.05) is 31.6 Å². The SMILES string of the molecule is O=C1C2CCCN2C(=O)CCN1c1c(F)cc(F)cc1F. The second-order valence-electron chi connectivity index (χ2n) is 5.20. The lowest BCUT2D eigenvalue weighted by molar-refractivity contribution is -0.135. The number of nitrogens with zero attached hydrogens (tertiary/aromatic N) is 2.